The number of hydrogen-bond acceptors (Lipinski definition) is 1. The first-order valence-electron chi connectivity index (χ1n) is 8.21. The van der Waals surface area contributed by atoms with Crippen LogP contribution >= 0.6 is 0 Å². The Labute approximate surface area is 145 Å². The SMILES string of the molecule is C=CCc1cc(C(C)(C)c2ccc([OH+]C)c(CC=C)c2)ccc1O. The molecule has 0 unspecified atom stereocenters. The molecule has 2 rings (SSSR count). The van der Waals surface area contributed by atoms with E-state index in [4.69, 9.17) is 0 Å². The average Bonchev–Trinajstić information content (AvgIpc) is 2.57. The summed E-state index contributed by atoms with van der Waals surface area (Å²) in [5.74, 6) is 1.33. The van der Waals surface area contributed by atoms with Crippen LogP contribution in [0.4, 0.5) is 0 Å². The van der Waals surface area contributed by atoms with Crippen LogP contribution in [0.15, 0.2) is 61.7 Å². The molecule has 0 saturated heterocycles. The second-order valence-electron chi connectivity index (χ2n) is 6.52. The van der Waals surface area contributed by atoms with E-state index in [9.17, 15) is 5.11 Å². The van der Waals surface area contributed by atoms with Crippen molar-refractivity contribution in [3.05, 3.63) is 84.0 Å². The molecule has 0 atom stereocenters. The van der Waals surface area contributed by atoms with Crippen molar-refractivity contribution in [3.63, 3.8) is 0 Å². The fraction of sp³-hybridized carbons (Fsp3) is 0.273. The quantitative estimate of drug-likeness (QED) is 0.561. The first kappa shape index (κ1) is 17.9. The number of aliphatic hydroxyl groups is 1. The van der Waals surface area contributed by atoms with Crippen LogP contribution in [0.5, 0.6) is 11.5 Å². The number of phenolic OH excluding ortho intramolecular Hbond substituents is 1. The largest absolute Gasteiger partial charge is 0.584 e. The third kappa shape index (κ3) is 3.53. The Kier molecular flexibility index (Phi) is 5.50. The van der Waals surface area contributed by atoms with Gasteiger partial charge in [-0.2, -0.15) is 0 Å². The topological polar surface area (TPSA) is 33.0 Å². The molecule has 0 fully saturated rings. The Bertz CT molecular complexity index is 742. The van der Waals surface area contributed by atoms with Gasteiger partial charge in [-0.05, 0) is 47.7 Å². The minimum absolute atomic E-state index is 0.175. The second kappa shape index (κ2) is 7.39. The normalized spacial score (nSPS) is 11.1. The van der Waals surface area contributed by atoms with Crippen LogP contribution < -0.4 is 0 Å². The zero-order valence-electron chi connectivity index (χ0n) is 14.8. The summed E-state index contributed by atoms with van der Waals surface area (Å²) in [6.07, 6.45) is 5.17. The van der Waals surface area contributed by atoms with Crippen LogP contribution in [0.3, 0.4) is 0 Å². The lowest BCUT2D eigenvalue weighted by molar-refractivity contribution is 0.134. The van der Waals surface area contributed by atoms with Crippen LogP contribution in [0.25, 0.3) is 0 Å². The van der Waals surface area contributed by atoms with Crippen molar-refractivity contribution in [2.24, 2.45) is 0 Å². The van der Waals surface area contributed by atoms with E-state index in [1.54, 1.807) is 6.07 Å². The third-order valence-corrected chi connectivity index (χ3v) is 4.57. The van der Waals surface area contributed by atoms with Crippen molar-refractivity contribution in [1.82, 2.24) is 0 Å². The van der Waals surface area contributed by atoms with Gasteiger partial charge in [0.25, 0.3) is 5.75 Å². The summed E-state index contributed by atoms with van der Waals surface area (Å²) in [6, 6.07) is 12.3. The van der Waals surface area contributed by atoms with E-state index in [0.717, 1.165) is 17.7 Å². The zero-order valence-corrected chi connectivity index (χ0v) is 14.8. The number of rotatable bonds is 7. The molecule has 126 valence electrons. The summed E-state index contributed by atoms with van der Waals surface area (Å²) in [4.78, 5) is 0. The molecule has 24 heavy (non-hydrogen) atoms. The van der Waals surface area contributed by atoms with Gasteiger partial charge in [-0.3, -0.25) is 0 Å². The Balaban J connectivity index is 2.49. The van der Waals surface area contributed by atoms with Crippen molar-refractivity contribution >= 4 is 0 Å². The van der Waals surface area contributed by atoms with Gasteiger partial charge < -0.3 is 9.84 Å². The maximum absolute atomic E-state index is 10.0. The first-order chi connectivity index (χ1) is 11.4. The number of benzene rings is 2. The third-order valence-electron chi connectivity index (χ3n) is 4.57. The van der Waals surface area contributed by atoms with E-state index in [-0.39, 0.29) is 5.41 Å². The zero-order chi connectivity index (χ0) is 17.7. The van der Waals surface area contributed by atoms with E-state index < -0.39 is 0 Å². The van der Waals surface area contributed by atoms with Crippen LogP contribution in [0, 0.1) is 0 Å². The molecule has 0 radical (unpaired) electrons. The molecule has 2 aromatic carbocycles. The Morgan fingerprint density at radius 3 is 2.08 bits per heavy atom. The maximum Gasteiger partial charge on any atom is 0.257 e. The van der Waals surface area contributed by atoms with E-state index in [1.165, 1.54) is 16.7 Å². The first-order valence-corrected chi connectivity index (χ1v) is 8.21. The van der Waals surface area contributed by atoms with Crippen LogP contribution in [0.1, 0.15) is 36.1 Å². The number of hydrogen-bond donors (Lipinski definition) is 1. The van der Waals surface area contributed by atoms with Gasteiger partial charge in [0.15, 0.2) is 7.11 Å². The Morgan fingerprint density at radius 2 is 1.50 bits per heavy atom. The molecular weight excluding hydrogens is 296 g/mol. The molecule has 0 aliphatic rings. The molecule has 2 nitrogen and oxygen atoms in total. The number of phenols is 1. The number of ether oxygens (including phenoxy) is 1. The molecule has 0 saturated carbocycles. The molecule has 0 aliphatic carbocycles. The van der Waals surface area contributed by atoms with Crippen LogP contribution in [-0.2, 0) is 18.3 Å². The summed E-state index contributed by atoms with van der Waals surface area (Å²) < 4.78 is 4.34. The fourth-order valence-electron chi connectivity index (χ4n) is 2.97. The number of allylic oxidation sites excluding steroid dienone is 2. The van der Waals surface area contributed by atoms with Gasteiger partial charge >= 0.3 is 0 Å². The van der Waals surface area contributed by atoms with Gasteiger partial charge in [-0.1, -0.05) is 38.1 Å². The highest BCUT2D eigenvalue weighted by atomic mass is 16.5. The highest BCUT2D eigenvalue weighted by molar-refractivity contribution is 5.47. The van der Waals surface area contributed by atoms with E-state index >= 15 is 0 Å². The Hall–Kier alpha value is -2.48. The van der Waals surface area contributed by atoms with Crippen molar-refractivity contribution in [3.8, 4) is 11.5 Å². The Morgan fingerprint density at radius 1 is 0.958 bits per heavy atom. The van der Waals surface area contributed by atoms with Gasteiger partial charge in [0.1, 0.15) is 5.75 Å². The van der Waals surface area contributed by atoms with Crippen molar-refractivity contribution in [2.45, 2.75) is 32.1 Å². The monoisotopic (exact) mass is 323 g/mol. The summed E-state index contributed by atoms with van der Waals surface area (Å²) >= 11 is 0. The molecule has 0 bridgehead atoms. The minimum atomic E-state index is -0.175. The predicted octanol–water partition coefficient (Wildman–Crippen LogP) is 5.05. The summed E-state index contributed by atoms with van der Waals surface area (Å²) in [7, 11) is 1.81. The van der Waals surface area contributed by atoms with Crippen LogP contribution in [-0.4, -0.2) is 17.0 Å². The lowest BCUT2D eigenvalue weighted by atomic mass is 9.77. The molecule has 0 aliphatic heterocycles. The lowest BCUT2D eigenvalue weighted by Crippen LogP contribution is -2.19. The molecule has 2 heteroatoms. The average molecular weight is 323 g/mol. The summed E-state index contributed by atoms with van der Waals surface area (Å²) in [5.41, 5.74) is 4.31. The van der Waals surface area contributed by atoms with E-state index in [2.05, 4.69) is 56.0 Å². The predicted molar refractivity (Wildman–Crippen MR) is 102 cm³/mol. The van der Waals surface area contributed by atoms with Crippen molar-refractivity contribution in [2.75, 3.05) is 7.11 Å². The number of aromatic hydroxyl groups is 2. The van der Waals surface area contributed by atoms with Crippen LogP contribution in [0.2, 0.25) is 0 Å². The van der Waals surface area contributed by atoms with Crippen molar-refractivity contribution in [1.29, 1.82) is 0 Å². The molecule has 0 heterocycles. The van der Waals surface area contributed by atoms with E-state index in [1.807, 2.05) is 25.3 Å². The fourth-order valence-corrected chi connectivity index (χ4v) is 2.97. The summed E-state index contributed by atoms with van der Waals surface area (Å²) in [5, 5.41) is 10.0. The highest BCUT2D eigenvalue weighted by Gasteiger charge is 2.25. The molecule has 2 N–H and O–H groups in total. The minimum Gasteiger partial charge on any atom is -0.584 e. The molecular formula is C22H27O2+. The van der Waals surface area contributed by atoms with Gasteiger partial charge in [-0.25, -0.2) is 0 Å². The second-order valence-corrected chi connectivity index (χ2v) is 6.52. The van der Waals surface area contributed by atoms with Gasteiger partial charge in [0.2, 0.25) is 0 Å². The van der Waals surface area contributed by atoms with Gasteiger partial charge in [0, 0.05) is 11.5 Å². The molecule has 0 aromatic heterocycles. The van der Waals surface area contributed by atoms with Crippen molar-refractivity contribution < 1.29 is 9.84 Å². The maximum atomic E-state index is 10.0. The van der Waals surface area contributed by atoms with Gasteiger partial charge in [-0.15, -0.1) is 13.2 Å². The highest BCUT2D eigenvalue weighted by Crippen LogP contribution is 2.36. The molecule has 0 amide bonds. The smallest absolute Gasteiger partial charge is 0.257 e. The molecule has 0 spiro atoms. The lowest BCUT2D eigenvalue weighted by Gasteiger charge is -2.27. The standard InChI is InChI=1S/C22H26O2/c1-6-8-16-14-18(10-12-20(16)23)22(3,4)19-11-13-21(24-5)17(15-19)9-7-2/h6-7,10-15,23H,1-2,8-9H2,3-5H3/p+1. The molecule has 2 aromatic rings. The van der Waals surface area contributed by atoms with E-state index in [0.29, 0.717) is 12.2 Å². The summed E-state index contributed by atoms with van der Waals surface area (Å²) in [6.45, 7) is 12.0. The van der Waals surface area contributed by atoms with Gasteiger partial charge in [0.05, 0.1) is 5.56 Å².